The molecule has 2 nitrogen and oxygen atoms in total. The van der Waals surface area contributed by atoms with Gasteiger partial charge in [-0.15, -0.1) is 0 Å². The zero-order valence-corrected chi connectivity index (χ0v) is 14.9. The molecule has 0 radical (unpaired) electrons. The highest BCUT2D eigenvalue weighted by Gasteiger charge is 2.38. The number of likely N-dealkylation sites (N-methyl/N-ethyl adjacent to an activating group) is 1. The Hall–Kier alpha value is -0.380. The Labute approximate surface area is 137 Å². The van der Waals surface area contributed by atoms with Gasteiger partial charge in [0.25, 0.3) is 0 Å². The van der Waals surface area contributed by atoms with Gasteiger partial charge in [-0.3, -0.25) is 0 Å². The summed E-state index contributed by atoms with van der Waals surface area (Å²) in [5.74, 6) is 0. The molecule has 1 aliphatic carbocycles. The van der Waals surface area contributed by atoms with Gasteiger partial charge < -0.3 is 10.1 Å². The number of ether oxygens (including phenoxy) is 1. The normalized spacial score (nSPS) is 20.0. The summed E-state index contributed by atoms with van der Waals surface area (Å²) >= 11 is 3.51. The van der Waals surface area contributed by atoms with E-state index in [1.54, 1.807) is 0 Å². The molecule has 2 rings (SSSR count). The average Bonchev–Trinajstić information content (AvgIpc) is 2.73. The first kappa shape index (κ1) is 17.0. The van der Waals surface area contributed by atoms with E-state index in [4.69, 9.17) is 4.74 Å². The molecule has 118 valence electrons. The molecule has 1 aliphatic rings. The predicted octanol–water partition coefficient (Wildman–Crippen LogP) is 4.71. The van der Waals surface area contributed by atoms with E-state index in [1.165, 1.54) is 44.1 Å². The van der Waals surface area contributed by atoms with E-state index in [0.717, 1.165) is 17.5 Å². The lowest BCUT2D eigenvalue weighted by Crippen LogP contribution is -2.52. The molecule has 0 bridgehead atoms. The van der Waals surface area contributed by atoms with Crippen LogP contribution in [0.2, 0.25) is 0 Å². The van der Waals surface area contributed by atoms with Gasteiger partial charge in [-0.1, -0.05) is 53.7 Å². The first-order valence-electron chi connectivity index (χ1n) is 8.26. The van der Waals surface area contributed by atoms with Gasteiger partial charge >= 0.3 is 0 Å². The Balaban J connectivity index is 2.16. The number of hydrogen-bond donors (Lipinski definition) is 1. The Morgan fingerprint density at radius 2 is 1.76 bits per heavy atom. The summed E-state index contributed by atoms with van der Waals surface area (Å²) in [7, 11) is 2.08. The van der Waals surface area contributed by atoms with Crippen LogP contribution in [0.15, 0.2) is 28.7 Å². The number of rotatable bonds is 6. The van der Waals surface area contributed by atoms with Crippen LogP contribution in [0, 0.1) is 0 Å². The van der Waals surface area contributed by atoms with Crippen LogP contribution in [-0.4, -0.2) is 25.3 Å². The van der Waals surface area contributed by atoms with Crippen molar-refractivity contribution in [3.8, 4) is 0 Å². The lowest BCUT2D eigenvalue weighted by Gasteiger charge is -2.40. The fraction of sp³-hybridized carbons (Fsp3) is 0.667. The summed E-state index contributed by atoms with van der Waals surface area (Å²) < 4.78 is 7.47. The first-order chi connectivity index (χ1) is 10.2. The van der Waals surface area contributed by atoms with Crippen molar-refractivity contribution in [3.05, 3.63) is 34.3 Å². The second-order valence-electron chi connectivity index (χ2n) is 6.08. The Morgan fingerprint density at radius 1 is 1.14 bits per heavy atom. The molecule has 0 saturated heterocycles. The van der Waals surface area contributed by atoms with Crippen molar-refractivity contribution in [3.63, 3.8) is 0 Å². The minimum absolute atomic E-state index is 0.00702. The average molecular weight is 354 g/mol. The van der Waals surface area contributed by atoms with E-state index in [0.29, 0.717) is 6.04 Å². The molecule has 3 heteroatoms. The minimum Gasteiger partial charge on any atom is -0.374 e. The molecule has 1 atom stereocenters. The van der Waals surface area contributed by atoms with Crippen LogP contribution in [0.4, 0.5) is 0 Å². The molecular formula is C18H28BrNO. The number of halogens is 1. The van der Waals surface area contributed by atoms with Crippen molar-refractivity contribution < 1.29 is 4.74 Å². The van der Waals surface area contributed by atoms with Crippen molar-refractivity contribution in [1.29, 1.82) is 0 Å². The molecule has 21 heavy (non-hydrogen) atoms. The van der Waals surface area contributed by atoms with Crippen molar-refractivity contribution in [2.45, 2.75) is 63.5 Å². The van der Waals surface area contributed by atoms with Gasteiger partial charge in [0.1, 0.15) is 0 Å². The quantitative estimate of drug-likeness (QED) is 0.747. The third-order valence-corrected chi connectivity index (χ3v) is 5.25. The monoisotopic (exact) mass is 353 g/mol. The summed E-state index contributed by atoms with van der Waals surface area (Å²) in [5.41, 5.74) is 1.38. The summed E-state index contributed by atoms with van der Waals surface area (Å²) in [4.78, 5) is 0. The number of benzene rings is 1. The lowest BCUT2D eigenvalue weighted by atomic mass is 9.82. The molecule has 0 aliphatic heterocycles. The van der Waals surface area contributed by atoms with Crippen LogP contribution >= 0.6 is 15.9 Å². The van der Waals surface area contributed by atoms with Gasteiger partial charge in [-0.2, -0.15) is 0 Å². The van der Waals surface area contributed by atoms with Gasteiger partial charge in [0, 0.05) is 17.1 Å². The highest BCUT2D eigenvalue weighted by Crippen LogP contribution is 2.35. The minimum atomic E-state index is 0.00702. The third-order valence-electron chi connectivity index (χ3n) is 4.72. The van der Waals surface area contributed by atoms with Gasteiger partial charge in [0.05, 0.1) is 5.60 Å². The Kier molecular flexibility index (Phi) is 6.72. The van der Waals surface area contributed by atoms with Gasteiger partial charge in [0.15, 0.2) is 0 Å². The number of hydrogen-bond acceptors (Lipinski definition) is 2. The molecule has 1 N–H and O–H groups in total. The van der Waals surface area contributed by atoms with Gasteiger partial charge in [-0.05, 0) is 50.9 Å². The smallest absolute Gasteiger partial charge is 0.0837 e. The number of nitrogens with one attached hydrogen (secondary N) is 1. The summed E-state index contributed by atoms with van der Waals surface area (Å²) in [6.45, 7) is 2.93. The maximum atomic E-state index is 6.33. The molecule has 0 spiro atoms. The maximum absolute atomic E-state index is 6.33. The van der Waals surface area contributed by atoms with E-state index in [9.17, 15) is 0 Å². The molecule has 1 aromatic rings. The van der Waals surface area contributed by atoms with Crippen molar-refractivity contribution in [1.82, 2.24) is 5.32 Å². The topological polar surface area (TPSA) is 21.3 Å². The van der Waals surface area contributed by atoms with Crippen LogP contribution < -0.4 is 5.32 Å². The van der Waals surface area contributed by atoms with Crippen molar-refractivity contribution >= 4 is 15.9 Å². The third kappa shape index (κ3) is 4.54. The summed E-state index contributed by atoms with van der Waals surface area (Å²) in [6, 6.07) is 9.07. The SMILES string of the molecule is CCOC1(C(Cc2ccc(Br)cc2)NC)CCCCCC1. The Morgan fingerprint density at radius 3 is 2.29 bits per heavy atom. The van der Waals surface area contributed by atoms with Crippen LogP contribution in [0.1, 0.15) is 51.0 Å². The van der Waals surface area contributed by atoms with Gasteiger partial charge in [-0.25, -0.2) is 0 Å². The van der Waals surface area contributed by atoms with Crippen LogP contribution in [0.25, 0.3) is 0 Å². The van der Waals surface area contributed by atoms with E-state index >= 15 is 0 Å². The fourth-order valence-corrected chi connectivity index (χ4v) is 3.88. The highest BCUT2D eigenvalue weighted by atomic mass is 79.9. The van der Waals surface area contributed by atoms with Crippen molar-refractivity contribution in [2.24, 2.45) is 0 Å². The van der Waals surface area contributed by atoms with Crippen LogP contribution in [0.3, 0.4) is 0 Å². The molecule has 0 aromatic heterocycles. The predicted molar refractivity (Wildman–Crippen MR) is 92.8 cm³/mol. The van der Waals surface area contributed by atoms with Crippen molar-refractivity contribution in [2.75, 3.05) is 13.7 Å². The molecule has 1 aromatic carbocycles. The van der Waals surface area contributed by atoms with Gasteiger partial charge in [0.2, 0.25) is 0 Å². The fourth-order valence-electron chi connectivity index (χ4n) is 3.62. The van der Waals surface area contributed by atoms with Crippen LogP contribution in [0.5, 0.6) is 0 Å². The molecule has 0 heterocycles. The molecule has 1 saturated carbocycles. The largest absolute Gasteiger partial charge is 0.374 e. The summed E-state index contributed by atoms with van der Waals surface area (Å²) in [5, 5.41) is 3.55. The van der Waals surface area contributed by atoms with E-state index in [1.807, 2.05) is 0 Å². The molecular weight excluding hydrogens is 326 g/mol. The zero-order chi connectivity index (χ0) is 15.1. The summed E-state index contributed by atoms with van der Waals surface area (Å²) in [6.07, 6.45) is 8.68. The van der Waals surface area contributed by atoms with Crippen LogP contribution in [-0.2, 0) is 11.2 Å². The second-order valence-corrected chi connectivity index (χ2v) is 7.00. The second kappa shape index (κ2) is 8.30. The lowest BCUT2D eigenvalue weighted by molar-refractivity contribution is -0.0752. The first-order valence-corrected chi connectivity index (χ1v) is 9.05. The maximum Gasteiger partial charge on any atom is 0.0837 e. The molecule has 0 amide bonds. The standard InChI is InChI=1S/C18H28BrNO/c1-3-21-18(12-6-4-5-7-13-18)17(20-2)14-15-8-10-16(19)11-9-15/h8-11,17,20H,3-7,12-14H2,1-2H3. The molecule has 1 fully saturated rings. The van der Waals surface area contributed by atoms with E-state index in [2.05, 4.69) is 59.5 Å². The van der Waals surface area contributed by atoms with E-state index < -0.39 is 0 Å². The Bertz CT molecular complexity index is 410. The zero-order valence-electron chi connectivity index (χ0n) is 13.3. The molecule has 1 unspecified atom stereocenters. The van der Waals surface area contributed by atoms with E-state index in [-0.39, 0.29) is 5.60 Å². The highest BCUT2D eigenvalue weighted by molar-refractivity contribution is 9.10.